The number of hydrogen-bond donors (Lipinski definition) is 0. The Morgan fingerprint density at radius 3 is 2.65 bits per heavy atom. The maximum Gasteiger partial charge on any atom is 0.126 e. The van der Waals surface area contributed by atoms with Crippen LogP contribution in [0.5, 0.6) is 0 Å². The number of aryl methyl sites for hydroxylation is 2. The lowest BCUT2D eigenvalue weighted by Crippen LogP contribution is -2.03. The Morgan fingerprint density at radius 2 is 1.96 bits per heavy atom. The summed E-state index contributed by atoms with van der Waals surface area (Å²) in [5, 5.41) is 0. The van der Waals surface area contributed by atoms with Crippen molar-refractivity contribution in [3.8, 4) is 5.69 Å². The third-order valence-corrected chi connectivity index (χ3v) is 3.53. The molecule has 0 atom stereocenters. The minimum Gasteiger partial charge on any atom is -0.329 e. The van der Waals surface area contributed by atoms with Crippen molar-refractivity contribution in [3.63, 3.8) is 0 Å². The molecule has 0 amide bonds. The molecule has 3 aromatic rings. The molecule has 0 saturated heterocycles. The van der Waals surface area contributed by atoms with E-state index in [0.29, 0.717) is 12.1 Å². The van der Waals surface area contributed by atoms with Gasteiger partial charge in [-0.3, -0.25) is 0 Å². The Kier molecular flexibility index (Phi) is 6.79. The van der Waals surface area contributed by atoms with Gasteiger partial charge in [0.05, 0.1) is 18.6 Å². The Hall–Kier alpha value is -1.85. The van der Waals surface area contributed by atoms with Gasteiger partial charge in [-0.05, 0) is 30.7 Å². The molecule has 0 unspecified atom stereocenters. The molecule has 124 valence electrons. The van der Waals surface area contributed by atoms with Crippen molar-refractivity contribution < 1.29 is 4.39 Å². The van der Waals surface area contributed by atoms with Gasteiger partial charge in [0.2, 0.25) is 0 Å². The largest absolute Gasteiger partial charge is 0.329 e. The topological polar surface area (TPSA) is 35.6 Å². The highest BCUT2D eigenvalue weighted by molar-refractivity contribution is 5.85. The molecule has 0 aliphatic carbocycles. The van der Waals surface area contributed by atoms with E-state index in [-0.39, 0.29) is 30.6 Å². The summed E-state index contributed by atoms with van der Waals surface area (Å²) >= 11 is 0. The second-order valence-electron chi connectivity index (χ2n) is 5.03. The predicted octanol–water partition coefficient (Wildman–Crippen LogP) is 3.97. The first-order valence-corrected chi connectivity index (χ1v) is 6.96. The second-order valence-corrected chi connectivity index (χ2v) is 5.03. The summed E-state index contributed by atoms with van der Waals surface area (Å²) in [7, 11) is 0. The van der Waals surface area contributed by atoms with Crippen LogP contribution in [-0.4, -0.2) is 19.1 Å². The van der Waals surface area contributed by atoms with E-state index in [1.54, 1.807) is 25.5 Å². The molecule has 0 radical (unpaired) electrons. The lowest BCUT2D eigenvalue weighted by atomic mass is 10.2. The molecular formula is C16H19Cl2FN4. The third-order valence-electron chi connectivity index (χ3n) is 3.53. The molecule has 0 aliphatic rings. The van der Waals surface area contributed by atoms with Crippen LogP contribution in [0.2, 0.25) is 0 Å². The highest BCUT2D eigenvalue weighted by atomic mass is 35.5. The molecule has 23 heavy (non-hydrogen) atoms. The number of imidazole rings is 2. The van der Waals surface area contributed by atoms with E-state index in [2.05, 4.69) is 21.5 Å². The molecular weight excluding hydrogens is 338 g/mol. The number of nitrogens with zero attached hydrogens (tertiary/aromatic N) is 4. The van der Waals surface area contributed by atoms with Crippen LogP contribution < -0.4 is 0 Å². The summed E-state index contributed by atoms with van der Waals surface area (Å²) in [4.78, 5) is 8.72. The van der Waals surface area contributed by atoms with Gasteiger partial charge < -0.3 is 9.13 Å². The third kappa shape index (κ3) is 4.12. The number of rotatable bonds is 4. The summed E-state index contributed by atoms with van der Waals surface area (Å²) in [6.45, 7) is 4.53. The Morgan fingerprint density at radius 1 is 1.17 bits per heavy atom. The van der Waals surface area contributed by atoms with Gasteiger partial charge >= 0.3 is 0 Å². The highest BCUT2D eigenvalue weighted by Gasteiger charge is 2.06. The fourth-order valence-electron chi connectivity index (χ4n) is 2.35. The van der Waals surface area contributed by atoms with Crippen LogP contribution in [0.25, 0.3) is 5.69 Å². The van der Waals surface area contributed by atoms with E-state index in [1.807, 2.05) is 23.0 Å². The number of hydrogen-bond acceptors (Lipinski definition) is 2. The van der Waals surface area contributed by atoms with Crippen molar-refractivity contribution in [3.05, 3.63) is 66.0 Å². The van der Waals surface area contributed by atoms with Crippen molar-refractivity contribution in [2.45, 2.75) is 26.8 Å². The summed E-state index contributed by atoms with van der Waals surface area (Å²) in [5.41, 5.74) is 2.49. The van der Waals surface area contributed by atoms with Crippen molar-refractivity contribution >= 4 is 24.8 Å². The lowest BCUT2D eigenvalue weighted by Gasteiger charge is -2.05. The number of halogens is 3. The monoisotopic (exact) mass is 356 g/mol. The quantitative estimate of drug-likeness (QED) is 0.708. The molecule has 0 bridgehead atoms. The van der Waals surface area contributed by atoms with Crippen LogP contribution in [-0.2, 0) is 13.0 Å². The normalized spacial score (nSPS) is 10.0. The van der Waals surface area contributed by atoms with E-state index in [4.69, 9.17) is 0 Å². The second kappa shape index (κ2) is 8.13. The standard InChI is InChI=1S/C16H17FN4.2ClH/c1-3-16-18-6-7-20(16)9-13-10-21(11-19-13)14-4-5-15(17)12(2)8-14;;/h4-8,10-11H,3,9H2,1-2H3;2*1H. The molecule has 0 saturated carbocycles. The molecule has 2 heterocycles. The van der Waals surface area contributed by atoms with Crippen molar-refractivity contribution in [2.24, 2.45) is 0 Å². The Labute approximate surface area is 147 Å². The zero-order valence-corrected chi connectivity index (χ0v) is 14.6. The molecule has 0 fully saturated rings. The van der Waals surface area contributed by atoms with E-state index in [9.17, 15) is 4.39 Å². The minimum absolute atomic E-state index is 0. The number of aromatic nitrogens is 4. The average Bonchev–Trinajstić information content (AvgIpc) is 3.11. The fraction of sp³-hybridized carbons (Fsp3) is 0.250. The van der Waals surface area contributed by atoms with Gasteiger partial charge in [-0.25, -0.2) is 14.4 Å². The molecule has 0 aliphatic heterocycles. The maximum atomic E-state index is 13.3. The molecule has 0 N–H and O–H groups in total. The van der Waals surface area contributed by atoms with Gasteiger partial charge in [0.1, 0.15) is 11.6 Å². The Bertz CT molecular complexity index is 767. The van der Waals surface area contributed by atoms with Gasteiger partial charge in [-0.2, -0.15) is 0 Å². The molecule has 3 rings (SSSR count). The van der Waals surface area contributed by atoms with Gasteiger partial charge in [-0.15, -0.1) is 24.8 Å². The molecule has 1 aromatic carbocycles. The van der Waals surface area contributed by atoms with Crippen LogP contribution in [0.4, 0.5) is 4.39 Å². The SMILES string of the molecule is CCc1nccn1Cc1cn(-c2ccc(F)c(C)c2)cn1.Cl.Cl. The smallest absolute Gasteiger partial charge is 0.126 e. The van der Waals surface area contributed by atoms with Gasteiger partial charge in [0.25, 0.3) is 0 Å². The molecule has 2 aromatic heterocycles. The van der Waals surface area contributed by atoms with E-state index >= 15 is 0 Å². The van der Waals surface area contributed by atoms with Gasteiger partial charge in [0.15, 0.2) is 0 Å². The predicted molar refractivity (Wildman–Crippen MR) is 93.5 cm³/mol. The van der Waals surface area contributed by atoms with Crippen molar-refractivity contribution in [1.29, 1.82) is 0 Å². The van der Waals surface area contributed by atoms with Crippen LogP contribution in [0.3, 0.4) is 0 Å². The maximum absolute atomic E-state index is 13.3. The van der Waals surface area contributed by atoms with Crippen LogP contribution >= 0.6 is 24.8 Å². The highest BCUT2D eigenvalue weighted by Crippen LogP contribution is 2.14. The number of benzene rings is 1. The van der Waals surface area contributed by atoms with Gasteiger partial charge in [0, 0.05) is 30.7 Å². The van der Waals surface area contributed by atoms with Crippen LogP contribution in [0.15, 0.2) is 43.1 Å². The zero-order valence-electron chi connectivity index (χ0n) is 12.9. The lowest BCUT2D eigenvalue weighted by molar-refractivity contribution is 0.618. The summed E-state index contributed by atoms with van der Waals surface area (Å²) in [6, 6.07) is 5.05. The zero-order chi connectivity index (χ0) is 14.8. The molecule has 0 spiro atoms. The summed E-state index contributed by atoms with van der Waals surface area (Å²) < 4.78 is 17.3. The van der Waals surface area contributed by atoms with Crippen molar-refractivity contribution in [1.82, 2.24) is 19.1 Å². The van der Waals surface area contributed by atoms with Crippen LogP contribution in [0.1, 0.15) is 24.0 Å². The first-order valence-electron chi connectivity index (χ1n) is 6.96. The minimum atomic E-state index is -0.190. The fourth-order valence-corrected chi connectivity index (χ4v) is 2.35. The van der Waals surface area contributed by atoms with Gasteiger partial charge in [-0.1, -0.05) is 6.92 Å². The van der Waals surface area contributed by atoms with E-state index in [1.165, 1.54) is 6.07 Å². The summed E-state index contributed by atoms with van der Waals surface area (Å²) in [5.74, 6) is 0.854. The van der Waals surface area contributed by atoms with E-state index in [0.717, 1.165) is 23.6 Å². The summed E-state index contributed by atoms with van der Waals surface area (Å²) in [6.07, 6.45) is 8.38. The molecule has 4 nitrogen and oxygen atoms in total. The Balaban J connectivity index is 0.00000132. The van der Waals surface area contributed by atoms with E-state index < -0.39 is 0 Å². The molecule has 7 heteroatoms. The van der Waals surface area contributed by atoms with Crippen LogP contribution in [0, 0.1) is 12.7 Å². The average molecular weight is 357 g/mol. The van der Waals surface area contributed by atoms with Crippen molar-refractivity contribution in [2.75, 3.05) is 0 Å². The first kappa shape index (κ1) is 19.2. The first-order chi connectivity index (χ1) is 10.2.